The van der Waals surface area contributed by atoms with E-state index in [2.05, 4.69) is 20.8 Å². The van der Waals surface area contributed by atoms with Crippen LogP contribution >= 0.6 is 23.1 Å². The Morgan fingerprint density at radius 2 is 2.08 bits per heavy atom. The van der Waals surface area contributed by atoms with Crippen molar-refractivity contribution in [3.8, 4) is 10.7 Å². The smallest absolute Gasteiger partial charge is 0.321 e. The van der Waals surface area contributed by atoms with Gasteiger partial charge in [-0.3, -0.25) is 10.1 Å². The number of amides is 3. The van der Waals surface area contributed by atoms with E-state index in [1.807, 2.05) is 49.8 Å². The molecule has 0 spiro atoms. The Morgan fingerprint density at radius 3 is 2.67 bits per heavy atom. The van der Waals surface area contributed by atoms with Gasteiger partial charge in [-0.2, -0.15) is 0 Å². The van der Waals surface area contributed by atoms with Gasteiger partial charge in [0, 0.05) is 12.1 Å². The molecular weight excluding hydrogens is 346 g/mol. The normalized spacial score (nSPS) is 11.3. The zero-order valence-corrected chi connectivity index (χ0v) is 15.8. The van der Waals surface area contributed by atoms with Crippen molar-refractivity contribution in [3.63, 3.8) is 0 Å². The molecule has 130 valence electrons. The first-order valence-electron chi connectivity index (χ1n) is 7.52. The molecule has 24 heavy (non-hydrogen) atoms. The fourth-order valence-corrected chi connectivity index (χ4v) is 3.45. The Morgan fingerprint density at radius 1 is 1.33 bits per heavy atom. The van der Waals surface area contributed by atoms with Crippen LogP contribution in [0.1, 0.15) is 27.7 Å². The summed E-state index contributed by atoms with van der Waals surface area (Å²) >= 11 is 2.85. The summed E-state index contributed by atoms with van der Waals surface area (Å²) in [6, 6.07) is 3.45. The van der Waals surface area contributed by atoms with Gasteiger partial charge in [0.05, 0.1) is 10.6 Å². The standard InChI is InChI=1S/C15H21N5O2S2/c1-5-20-12(10-7-6-8-23-10)18-19-14(20)24-9-11(21)16-13(22)17-15(2,3)4/h6-8H,5,9H2,1-4H3,(H2,16,17,21,22). The van der Waals surface area contributed by atoms with Crippen molar-refractivity contribution in [2.45, 2.75) is 44.9 Å². The van der Waals surface area contributed by atoms with Crippen LogP contribution in [0.5, 0.6) is 0 Å². The Balaban J connectivity index is 1.95. The molecule has 0 aliphatic rings. The third-order valence-electron chi connectivity index (χ3n) is 2.85. The van der Waals surface area contributed by atoms with Crippen molar-refractivity contribution in [1.82, 2.24) is 25.4 Å². The van der Waals surface area contributed by atoms with Crippen LogP contribution in [0.25, 0.3) is 10.7 Å². The summed E-state index contributed by atoms with van der Waals surface area (Å²) in [5, 5.41) is 16.0. The van der Waals surface area contributed by atoms with E-state index in [4.69, 9.17) is 0 Å². The number of hydrogen-bond donors (Lipinski definition) is 2. The molecule has 0 radical (unpaired) electrons. The van der Waals surface area contributed by atoms with Gasteiger partial charge >= 0.3 is 6.03 Å². The van der Waals surface area contributed by atoms with Gasteiger partial charge in [-0.25, -0.2) is 4.79 Å². The summed E-state index contributed by atoms with van der Waals surface area (Å²) in [6.07, 6.45) is 0. The number of thiophene rings is 1. The van der Waals surface area contributed by atoms with Crippen molar-refractivity contribution in [1.29, 1.82) is 0 Å². The molecule has 0 saturated heterocycles. The van der Waals surface area contributed by atoms with Gasteiger partial charge in [-0.1, -0.05) is 17.8 Å². The van der Waals surface area contributed by atoms with E-state index >= 15 is 0 Å². The molecule has 3 amide bonds. The number of carbonyl (C=O) groups is 2. The molecule has 0 atom stereocenters. The average molecular weight is 368 g/mol. The first-order valence-corrected chi connectivity index (χ1v) is 9.38. The van der Waals surface area contributed by atoms with Gasteiger partial charge in [0.2, 0.25) is 5.91 Å². The van der Waals surface area contributed by atoms with Crippen LogP contribution in [0, 0.1) is 0 Å². The number of carbonyl (C=O) groups excluding carboxylic acids is 2. The maximum atomic E-state index is 11.9. The van der Waals surface area contributed by atoms with Crippen LogP contribution in [-0.2, 0) is 11.3 Å². The van der Waals surface area contributed by atoms with Crippen LogP contribution in [-0.4, -0.2) is 38.0 Å². The van der Waals surface area contributed by atoms with Crippen molar-refractivity contribution < 1.29 is 9.59 Å². The first-order chi connectivity index (χ1) is 11.3. The highest BCUT2D eigenvalue weighted by Gasteiger charge is 2.18. The summed E-state index contributed by atoms with van der Waals surface area (Å²) in [7, 11) is 0. The van der Waals surface area contributed by atoms with Crippen molar-refractivity contribution in [2.24, 2.45) is 0 Å². The lowest BCUT2D eigenvalue weighted by molar-refractivity contribution is -0.117. The second-order valence-corrected chi connectivity index (χ2v) is 7.96. The van der Waals surface area contributed by atoms with Crippen molar-refractivity contribution in [2.75, 3.05) is 5.75 Å². The fraction of sp³-hybridized carbons (Fsp3) is 0.467. The van der Waals surface area contributed by atoms with E-state index in [1.54, 1.807) is 11.3 Å². The maximum Gasteiger partial charge on any atom is 0.321 e. The minimum atomic E-state index is -0.496. The van der Waals surface area contributed by atoms with E-state index < -0.39 is 11.6 Å². The molecule has 0 saturated carbocycles. The zero-order valence-electron chi connectivity index (χ0n) is 14.1. The molecule has 2 N–H and O–H groups in total. The number of urea groups is 1. The number of rotatable bonds is 5. The predicted octanol–water partition coefficient (Wildman–Crippen LogP) is 2.74. The van der Waals surface area contributed by atoms with Gasteiger partial charge < -0.3 is 9.88 Å². The third kappa shape index (κ3) is 5.07. The highest BCUT2D eigenvalue weighted by atomic mass is 32.2. The summed E-state index contributed by atoms with van der Waals surface area (Å²) < 4.78 is 1.96. The third-order valence-corrected chi connectivity index (χ3v) is 4.68. The van der Waals surface area contributed by atoms with E-state index in [9.17, 15) is 9.59 Å². The minimum absolute atomic E-state index is 0.0974. The monoisotopic (exact) mass is 367 g/mol. The lowest BCUT2D eigenvalue weighted by Crippen LogP contribution is -2.48. The van der Waals surface area contributed by atoms with Gasteiger partial charge in [0.25, 0.3) is 0 Å². The predicted molar refractivity (Wildman–Crippen MR) is 96.2 cm³/mol. The molecule has 2 aromatic rings. The number of aromatic nitrogens is 3. The van der Waals surface area contributed by atoms with Crippen LogP contribution in [0.3, 0.4) is 0 Å². The lowest BCUT2D eigenvalue weighted by Gasteiger charge is -2.20. The van der Waals surface area contributed by atoms with Crippen LogP contribution < -0.4 is 10.6 Å². The summed E-state index contributed by atoms with van der Waals surface area (Å²) in [6.45, 7) is 8.25. The van der Waals surface area contributed by atoms with E-state index in [1.165, 1.54) is 11.8 Å². The van der Waals surface area contributed by atoms with E-state index in [0.717, 1.165) is 10.7 Å². The van der Waals surface area contributed by atoms with Crippen LogP contribution in [0.4, 0.5) is 4.79 Å². The number of hydrogen-bond acceptors (Lipinski definition) is 6. The number of imide groups is 1. The Kier molecular flexibility index (Phi) is 6.00. The topological polar surface area (TPSA) is 88.9 Å². The second kappa shape index (κ2) is 7.80. The van der Waals surface area contributed by atoms with Crippen molar-refractivity contribution >= 4 is 35.0 Å². The van der Waals surface area contributed by atoms with Gasteiger partial charge in [0.15, 0.2) is 11.0 Å². The molecule has 2 aromatic heterocycles. The lowest BCUT2D eigenvalue weighted by atomic mass is 10.1. The second-order valence-electron chi connectivity index (χ2n) is 6.07. The number of nitrogens with zero attached hydrogens (tertiary/aromatic N) is 3. The minimum Gasteiger partial charge on any atom is -0.333 e. The van der Waals surface area contributed by atoms with E-state index in [0.29, 0.717) is 11.7 Å². The Labute approximate surface area is 149 Å². The Bertz CT molecular complexity index is 704. The molecule has 2 heterocycles. The molecule has 9 heteroatoms. The van der Waals surface area contributed by atoms with Gasteiger partial charge in [-0.05, 0) is 39.1 Å². The van der Waals surface area contributed by atoms with E-state index in [-0.39, 0.29) is 11.7 Å². The molecule has 2 rings (SSSR count). The van der Waals surface area contributed by atoms with Gasteiger partial charge in [-0.15, -0.1) is 21.5 Å². The zero-order chi connectivity index (χ0) is 17.7. The van der Waals surface area contributed by atoms with Crippen molar-refractivity contribution in [3.05, 3.63) is 17.5 Å². The first kappa shape index (κ1) is 18.5. The SMILES string of the molecule is CCn1c(SCC(=O)NC(=O)NC(C)(C)C)nnc1-c1cccs1. The molecule has 0 bridgehead atoms. The molecule has 0 aromatic carbocycles. The fourth-order valence-electron chi connectivity index (χ4n) is 1.93. The molecule has 7 nitrogen and oxygen atoms in total. The molecule has 0 unspecified atom stereocenters. The number of thioether (sulfide) groups is 1. The maximum absolute atomic E-state index is 11.9. The summed E-state index contributed by atoms with van der Waals surface area (Å²) in [5.41, 5.74) is -0.393. The number of nitrogens with one attached hydrogen (secondary N) is 2. The summed E-state index contributed by atoms with van der Waals surface area (Å²) in [5.74, 6) is 0.520. The molecular formula is C15H21N5O2S2. The van der Waals surface area contributed by atoms with Crippen LogP contribution in [0.2, 0.25) is 0 Å². The largest absolute Gasteiger partial charge is 0.333 e. The molecule has 0 aliphatic heterocycles. The van der Waals surface area contributed by atoms with Gasteiger partial charge in [0.1, 0.15) is 0 Å². The average Bonchev–Trinajstić information content (AvgIpc) is 3.11. The quantitative estimate of drug-likeness (QED) is 0.793. The highest BCUT2D eigenvalue weighted by molar-refractivity contribution is 7.99. The molecule has 0 fully saturated rings. The summed E-state index contributed by atoms with van der Waals surface area (Å²) in [4.78, 5) is 24.6. The van der Waals surface area contributed by atoms with Crippen LogP contribution in [0.15, 0.2) is 22.7 Å². The highest BCUT2D eigenvalue weighted by Crippen LogP contribution is 2.26. The molecule has 0 aliphatic carbocycles. The Hall–Kier alpha value is -1.87.